The van der Waals surface area contributed by atoms with Crippen LogP contribution in [-0.4, -0.2) is 23.2 Å². The van der Waals surface area contributed by atoms with E-state index in [1.165, 1.54) is 11.1 Å². The van der Waals surface area contributed by atoms with E-state index in [4.69, 9.17) is 0 Å². The lowest BCUT2D eigenvalue weighted by Crippen LogP contribution is -2.31. The minimum absolute atomic E-state index is 0.0608. The summed E-state index contributed by atoms with van der Waals surface area (Å²) in [6.45, 7) is 1.54. The Hall–Kier alpha value is -2.93. The minimum atomic E-state index is 0.0608. The summed E-state index contributed by atoms with van der Waals surface area (Å²) in [5, 5.41) is 18.9. The summed E-state index contributed by atoms with van der Waals surface area (Å²) in [4.78, 5) is 2.34. The number of nitriles is 1. The molecule has 0 aliphatic heterocycles. The van der Waals surface area contributed by atoms with Crippen LogP contribution >= 0.6 is 0 Å². The standard InChI is InChI=1S/C24H24N2O/c25-18-22-14-7-8-15-23(22)19-26(16-9-17-27)24(20-10-3-1-4-11-20)21-12-5-2-6-13-21/h1-8,10-15,24,27H,9,16-17,19H2. The zero-order chi connectivity index (χ0) is 18.9. The first-order valence-corrected chi connectivity index (χ1v) is 9.26. The molecule has 0 atom stereocenters. The molecule has 0 spiro atoms. The molecule has 3 aromatic carbocycles. The first-order chi connectivity index (χ1) is 13.3. The van der Waals surface area contributed by atoms with Gasteiger partial charge in [-0.2, -0.15) is 5.26 Å². The molecule has 0 bridgehead atoms. The highest BCUT2D eigenvalue weighted by Gasteiger charge is 2.23. The van der Waals surface area contributed by atoms with Crippen molar-refractivity contribution < 1.29 is 5.11 Å². The molecule has 0 radical (unpaired) electrons. The average Bonchev–Trinajstić information content (AvgIpc) is 2.74. The molecule has 0 saturated carbocycles. The maximum absolute atomic E-state index is 9.47. The Balaban J connectivity index is 2.02. The van der Waals surface area contributed by atoms with Gasteiger partial charge in [0.25, 0.3) is 0 Å². The van der Waals surface area contributed by atoms with E-state index < -0.39 is 0 Å². The monoisotopic (exact) mass is 356 g/mol. The van der Waals surface area contributed by atoms with E-state index in [1.54, 1.807) is 0 Å². The number of aliphatic hydroxyl groups excluding tert-OH is 1. The fourth-order valence-electron chi connectivity index (χ4n) is 3.44. The second kappa shape index (κ2) is 9.68. The minimum Gasteiger partial charge on any atom is -0.396 e. The predicted molar refractivity (Wildman–Crippen MR) is 108 cm³/mol. The second-order valence-corrected chi connectivity index (χ2v) is 6.54. The first kappa shape index (κ1) is 18.8. The fraction of sp³-hybridized carbons (Fsp3) is 0.208. The van der Waals surface area contributed by atoms with Crippen LogP contribution in [0.25, 0.3) is 0 Å². The van der Waals surface area contributed by atoms with Gasteiger partial charge in [0, 0.05) is 19.7 Å². The quantitative estimate of drug-likeness (QED) is 0.645. The van der Waals surface area contributed by atoms with Crippen LogP contribution in [0.3, 0.4) is 0 Å². The molecule has 3 rings (SSSR count). The van der Waals surface area contributed by atoms with Crippen LogP contribution in [0, 0.1) is 11.3 Å². The largest absolute Gasteiger partial charge is 0.396 e. The summed E-state index contributed by atoms with van der Waals surface area (Å²) in [6, 6.07) is 30.9. The summed E-state index contributed by atoms with van der Waals surface area (Å²) >= 11 is 0. The second-order valence-electron chi connectivity index (χ2n) is 6.54. The molecule has 0 heterocycles. The van der Waals surface area contributed by atoms with Gasteiger partial charge in [-0.15, -0.1) is 0 Å². The van der Waals surface area contributed by atoms with Crippen LogP contribution in [0.5, 0.6) is 0 Å². The first-order valence-electron chi connectivity index (χ1n) is 9.26. The number of benzene rings is 3. The van der Waals surface area contributed by atoms with E-state index in [-0.39, 0.29) is 12.6 Å². The van der Waals surface area contributed by atoms with Crippen molar-refractivity contribution in [3.05, 3.63) is 107 Å². The number of hydrogen-bond acceptors (Lipinski definition) is 3. The van der Waals surface area contributed by atoms with Gasteiger partial charge in [-0.05, 0) is 29.2 Å². The Kier molecular flexibility index (Phi) is 6.76. The van der Waals surface area contributed by atoms with Gasteiger partial charge >= 0.3 is 0 Å². The van der Waals surface area contributed by atoms with Gasteiger partial charge in [-0.25, -0.2) is 0 Å². The van der Waals surface area contributed by atoms with E-state index in [1.807, 2.05) is 36.4 Å². The molecule has 0 saturated heterocycles. The normalized spacial score (nSPS) is 10.9. The van der Waals surface area contributed by atoms with Crippen molar-refractivity contribution in [3.63, 3.8) is 0 Å². The van der Waals surface area contributed by atoms with Crippen molar-refractivity contribution >= 4 is 0 Å². The zero-order valence-corrected chi connectivity index (χ0v) is 15.3. The van der Waals surface area contributed by atoms with Gasteiger partial charge in [0.15, 0.2) is 0 Å². The lowest BCUT2D eigenvalue weighted by atomic mass is 9.95. The van der Waals surface area contributed by atoms with Crippen molar-refractivity contribution in [3.8, 4) is 6.07 Å². The van der Waals surface area contributed by atoms with E-state index in [2.05, 4.69) is 59.5 Å². The Morgan fingerprint density at radius 1 is 0.815 bits per heavy atom. The average molecular weight is 356 g/mol. The van der Waals surface area contributed by atoms with Crippen LogP contribution < -0.4 is 0 Å². The van der Waals surface area contributed by atoms with Crippen molar-refractivity contribution in [2.45, 2.75) is 19.0 Å². The van der Waals surface area contributed by atoms with Crippen LogP contribution in [0.1, 0.15) is 34.7 Å². The van der Waals surface area contributed by atoms with Crippen LogP contribution in [-0.2, 0) is 6.54 Å². The number of hydrogen-bond donors (Lipinski definition) is 1. The Morgan fingerprint density at radius 2 is 1.37 bits per heavy atom. The lowest BCUT2D eigenvalue weighted by Gasteiger charge is -2.33. The number of rotatable bonds is 8. The summed E-state index contributed by atoms with van der Waals surface area (Å²) in [5.74, 6) is 0. The van der Waals surface area contributed by atoms with Crippen molar-refractivity contribution in [1.82, 2.24) is 4.90 Å². The van der Waals surface area contributed by atoms with Crippen LogP contribution in [0.2, 0.25) is 0 Å². The number of nitrogens with zero attached hydrogens (tertiary/aromatic N) is 2. The van der Waals surface area contributed by atoms with Gasteiger partial charge < -0.3 is 5.11 Å². The molecule has 0 aromatic heterocycles. The fourth-order valence-corrected chi connectivity index (χ4v) is 3.44. The van der Waals surface area contributed by atoms with Crippen molar-refractivity contribution in [1.29, 1.82) is 5.26 Å². The van der Waals surface area contributed by atoms with Gasteiger partial charge in [0.1, 0.15) is 0 Å². The van der Waals surface area contributed by atoms with Gasteiger partial charge in [0.2, 0.25) is 0 Å². The van der Waals surface area contributed by atoms with E-state index in [0.717, 1.165) is 12.1 Å². The third-order valence-corrected chi connectivity index (χ3v) is 4.71. The zero-order valence-electron chi connectivity index (χ0n) is 15.3. The van der Waals surface area contributed by atoms with Crippen LogP contribution in [0.15, 0.2) is 84.9 Å². The summed E-state index contributed by atoms with van der Waals surface area (Å²) < 4.78 is 0. The highest BCUT2D eigenvalue weighted by Crippen LogP contribution is 2.30. The predicted octanol–water partition coefficient (Wildman–Crippen LogP) is 4.53. The molecule has 0 unspecified atom stereocenters. The SMILES string of the molecule is N#Cc1ccccc1CN(CCCO)C(c1ccccc1)c1ccccc1. The lowest BCUT2D eigenvalue weighted by molar-refractivity contribution is 0.186. The molecule has 1 N–H and O–H groups in total. The maximum atomic E-state index is 9.47. The Bertz CT molecular complexity index is 832. The molecule has 0 aliphatic rings. The smallest absolute Gasteiger partial charge is 0.0995 e. The molecular formula is C24H24N2O. The third kappa shape index (κ3) is 4.83. The molecule has 136 valence electrons. The van der Waals surface area contributed by atoms with Gasteiger partial charge in [-0.3, -0.25) is 4.90 Å². The highest BCUT2D eigenvalue weighted by molar-refractivity contribution is 5.38. The molecular weight excluding hydrogens is 332 g/mol. The van der Waals surface area contributed by atoms with Gasteiger partial charge in [0.05, 0.1) is 17.7 Å². The maximum Gasteiger partial charge on any atom is 0.0995 e. The summed E-state index contributed by atoms with van der Waals surface area (Å²) in [5.41, 5.74) is 4.12. The molecule has 3 nitrogen and oxygen atoms in total. The van der Waals surface area contributed by atoms with E-state index >= 15 is 0 Å². The number of aliphatic hydroxyl groups is 1. The Labute approximate surface area is 161 Å². The van der Waals surface area contributed by atoms with E-state index in [9.17, 15) is 10.4 Å². The summed E-state index contributed by atoms with van der Waals surface area (Å²) in [6.07, 6.45) is 0.685. The van der Waals surface area contributed by atoms with E-state index in [0.29, 0.717) is 18.5 Å². The molecule has 0 amide bonds. The molecule has 27 heavy (non-hydrogen) atoms. The molecule has 3 aromatic rings. The van der Waals surface area contributed by atoms with Crippen molar-refractivity contribution in [2.24, 2.45) is 0 Å². The van der Waals surface area contributed by atoms with Gasteiger partial charge in [-0.1, -0.05) is 78.9 Å². The summed E-state index contributed by atoms with van der Waals surface area (Å²) in [7, 11) is 0. The molecule has 0 aliphatic carbocycles. The third-order valence-electron chi connectivity index (χ3n) is 4.71. The molecule has 0 fully saturated rings. The van der Waals surface area contributed by atoms with Crippen LogP contribution in [0.4, 0.5) is 0 Å². The highest BCUT2D eigenvalue weighted by atomic mass is 16.3. The molecule has 3 heteroatoms. The topological polar surface area (TPSA) is 47.3 Å². The van der Waals surface area contributed by atoms with Crippen molar-refractivity contribution in [2.75, 3.05) is 13.2 Å². The Morgan fingerprint density at radius 3 is 1.93 bits per heavy atom.